The third-order valence-corrected chi connectivity index (χ3v) is 1.50. The summed E-state index contributed by atoms with van der Waals surface area (Å²) in [5, 5.41) is 9.14. The van der Waals surface area contributed by atoms with Crippen LogP contribution in [0.5, 0.6) is 5.75 Å². The molecule has 0 bridgehead atoms. The van der Waals surface area contributed by atoms with Crippen LogP contribution in [0.15, 0.2) is 29.8 Å². The molecule has 0 heterocycles. The van der Waals surface area contributed by atoms with Crippen molar-refractivity contribution < 1.29 is 5.11 Å². The lowest BCUT2D eigenvalue weighted by atomic mass is 10.1. The Morgan fingerprint density at radius 2 is 2.25 bits per heavy atom. The van der Waals surface area contributed by atoms with Gasteiger partial charge in [-0.2, -0.15) is 0 Å². The minimum absolute atomic E-state index is 0.236. The lowest BCUT2D eigenvalue weighted by molar-refractivity contribution is 0.475. The summed E-state index contributed by atoms with van der Waals surface area (Å²) in [6.07, 6.45) is 3.38. The minimum atomic E-state index is 0.236. The third kappa shape index (κ3) is 1.72. The summed E-state index contributed by atoms with van der Waals surface area (Å²) in [6.45, 7) is 5.48. The van der Waals surface area contributed by atoms with Crippen molar-refractivity contribution >= 4 is 18.0 Å². The van der Waals surface area contributed by atoms with Crippen LogP contribution in [0.25, 0.3) is 6.08 Å². The summed E-state index contributed by atoms with van der Waals surface area (Å²) in [5.74, 6) is 0.236. The molecule has 1 aromatic carbocycles. The Morgan fingerprint density at radius 3 is 2.83 bits per heavy atom. The molecule has 12 heavy (non-hydrogen) atoms. The van der Waals surface area contributed by atoms with Crippen molar-refractivity contribution in [3.63, 3.8) is 0 Å². The van der Waals surface area contributed by atoms with Gasteiger partial charge in [0.2, 0.25) is 0 Å². The molecule has 0 aromatic heterocycles. The van der Waals surface area contributed by atoms with Crippen LogP contribution in [0.2, 0.25) is 0 Å². The van der Waals surface area contributed by atoms with Gasteiger partial charge in [0.15, 0.2) is 0 Å². The summed E-state index contributed by atoms with van der Waals surface area (Å²) >= 11 is 0. The third-order valence-electron chi connectivity index (χ3n) is 1.50. The van der Waals surface area contributed by atoms with Crippen LogP contribution >= 0.6 is 0 Å². The lowest BCUT2D eigenvalue weighted by Crippen LogP contribution is -1.74. The SMILES string of the molecule is C=Cc1cc(O)ccc1N=CC. The van der Waals surface area contributed by atoms with E-state index in [1.54, 1.807) is 30.5 Å². The molecule has 0 saturated heterocycles. The van der Waals surface area contributed by atoms with Crippen molar-refractivity contribution in [3.05, 3.63) is 30.3 Å². The van der Waals surface area contributed by atoms with Gasteiger partial charge in [-0.05, 0) is 25.1 Å². The number of hydrogen-bond donors (Lipinski definition) is 1. The number of rotatable bonds is 2. The van der Waals surface area contributed by atoms with Gasteiger partial charge in [-0.3, -0.25) is 4.99 Å². The lowest BCUT2D eigenvalue weighted by Gasteiger charge is -1.99. The average Bonchev–Trinajstić information content (AvgIpc) is 2.08. The molecule has 0 radical (unpaired) electrons. The van der Waals surface area contributed by atoms with Crippen molar-refractivity contribution in [1.29, 1.82) is 0 Å². The maximum atomic E-state index is 9.14. The second-order valence-corrected chi connectivity index (χ2v) is 2.33. The van der Waals surface area contributed by atoms with Gasteiger partial charge in [0.1, 0.15) is 5.75 Å². The van der Waals surface area contributed by atoms with E-state index in [9.17, 15) is 0 Å². The predicted molar refractivity (Wildman–Crippen MR) is 52.0 cm³/mol. The number of aromatic hydroxyl groups is 1. The second-order valence-electron chi connectivity index (χ2n) is 2.33. The van der Waals surface area contributed by atoms with Crippen LogP contribution in [-0.2, 0) is 0 Å². The zero-order valence-corrected chi connectivity index (χ0v) is 6.99. The molecule has 0 amide bonds. The molecule has 0 aliphatic heterocycles. The molecule has 0 atom stereocenters. The van der Waals surface area contributed by atoms with Gasteiger partial charge >= 0.3 is 0 Å². The Morgan fingerprint density at radius 1 is 1.50 bits per heavy atom. The van der Waals surface area contributed by atoms with E-state index in [1.807, 2.05) is 6.92 Å². The summed E-state index contributed by atoms with van der Waals surface area (Å²) in [5.41, 5.74) is 1.67. The number of nitrogens with zero attached hydrogens (tertiary/aromatic N) is 1. The van der Waals surface area contributed by atoms with Gasteiger partial charge in [-0.25, -0.2) is 0 Å². The van der Waals surface area contributed by atoms with E-state index in [0.29, 0.717) is 0 Å². The maximum absolute atomic E-state index is 9.14. The molecule has 0 aliphatic rings. The monoisotopic (exact) mass is 161 g/mol. The quantitative estimate of drug-likeness (QED) is 0.664. The van der Waals surface area contributed by atoms with Crippen molar-refractivity contribution in [3.8, 4) is 5.75 Å². The van der Waals surface area contributed by atoms with Crippen LogP contribution in [0.4, 0.5) is 5.69 Å². The Bertz CT molecular complexity index is 316. The number of benzene rings is 1. The first-order valence-electron chi connectivity index (χ1n) is 3.72. The molecular weight excluding hydrogens is 150 g/mol. The maximum Gasteiger partial charge on any atom is 0.116 e. The summed E-state index contributed by atoms with van der Waals surface area (Å²) in [6, 6.07) is 5.00. The molecule has 0 spiro atoms. The Labute approximate surface area is 71.9 Å². The highest BCUT2D eigenvalue weighted by Gasteiger charge is 1.96. The van der Waals surface area contributed by atoms with Crippen molar-refractivity contribution in [2.75, 3.05) is 0 Å². The highest BCUT2D eigenvalue weighted by atomic mass is 16.3. The highest BCUT2D eigenvalue weighted by molar-refractivity contribution is 5.69. The fraction of sp³-hybridized carbons (Fsp3) is 0.100. The van der Waals surface area contributed by atoms with E-state index >= 15 is 0 Å². The van der Waals surface area contributed by atoms with E-state index in [1.165, 1.54) is 0 Å². The van der Waals surface area contributed by atoms with Crippen molar-refractivity contribution in [2.24, 2.45) is 4.99 Å². The van der Waals surface area contributed by atoms with E-state index < -0.39 is 0 Å². The predicted octanol–water partition coefficient (Wildman–Crippen LogP) is 2.76. The average molecular weight is 161 g/mol. The molecule has 1 N–H and O–H groups in total. The molecule has 0 fully saturated rings. The first-order valence-corrected chi connectivity index (χ1v) is 3.72. The van der Waals surface area contributed by atoms with E-state index in [4.69, 9.17) is 5.11 Å². The summed E-state index contributed by atoms with van der Waals surface area (Å²) in [4.78, 5) is 4.11. The standard InChI is InChI=1S/C10H11NO/c1-3-8-7-9(12)5-6-10(8)11-4-2/h3-7,12H,1H2,2H3. The number of phenols is 1. The van der Waals surface area contributed by atoms with Crippen LogP contribution < -0.4 is 0 Å². The van der Waals surface area contributed by atoms with E-state index in [0.717, 1.165) is 11.3 Å². The van der Waals surface area contributed by atoms with Crippen LogP contribution in [0, 0.1) is 0 Å². The number of phenolic OH excluding ortho intramolecular Hbond substituents is 1. The van der Waals surface area contributed by atoms with Crippen molar-refractivity contribution in [1.82, 2.24) is 0 Å². The van der Waals surface area contributed by atoms with Crippen LogP contribution in [0.3, 0.4) is 0 Å². The molecular formula is C10H11NO. The minimum Gasteiger partial charge on any atom is -0.508 e. The molecule has 1 aromatic rings. The first kappa shape index (κ1) is 8.53. The van der Waals surface area contributed by atoms with Gasteiger partial charge < -0.3 is 5.11 Å². The zero-order valence-electron chi connectivity index (χ0n) is 6.99. The summed E-state index contributed by atoms with van der Waals surface area (Å²) in [7, 11) is 0. The summed E-state index contributed by atoms with van der Waals surface area (Å²) < 4.78 is 0. The molecule has 0 saturated carbocycles. The van der Waals surface area contributed by atoms with E-state index in [-0.39, 0.29) is 5.75 Å². The van der Waals surface area contributed by atoms with Gasteiger partial charge in [-0.1, -0.05) is 12.7 Å². The van der Waals surface area contributed by atoms with Gasteiger partial charge in [-0.15, -0.1) is 0 Å². The van der Waals surface area contributed by atoms with Gasteiger partial charge in [0.25, 0.3) is 0 Å². The fourth-order valence-electron chi connectivity index (χ4n) is 0.962. The first-order chi connectivity index (χ1) is 5.77. The fourth-order valence-corrected chi connectivity index (χ4v) is 0.962. The molecule has 2 nitrogen and oxygen atoms in total. The van der Waals surface area contributed by atoms with Gasteiger partial charge in [0, 0.05) is 11.8 Å². The molecule has 2 heteroatoms. The normalized spacial score (nSPS) is 10.4. The van der Waals surface area contributed by atoms with E-state index in [2.05, 4.69) is 11.6 Å². The Hall–Kier alpha value is -1.57. The van der Waals surface area contributed by atoms with Crippen LogP contribution in [0.1, 0.15) is 12.5 Å². The number of hydrogen-bond acceptors (Lipinski definition) is 2. The van der Waals surface area contributed by atoms with Gasteiger partial charge in [0.05, 0.1) is 5.69 Å². The zero-order chi connectivity index (χ0) is 8.97. The molecule has 0 aliphatic carbocycles. The molecule has 62 valence electrons. The smallest absolute Gasteiger partial charge is 0.116 e. The molecule has 1 rings (SSSR count). The highest BCUT2D eigenvalue weighted by Crippen LogP contribution is 2.24. The molecule has 0 unspecified atom stereocenters. The topological polar surface area (TPSA) is 32.6 Å². The largest absolute Gasteiger partial charge is 0.508 e. The number of aliphatic imine (C=N–C) groups is 1. The van der Waals surface area contributed by atoms with Crippen LogP contribution in [-0.4, -0.2) is 11.3 Å². The Kier molecular flexibility index (Phi) is 2.64. The second kappa shape index (κ2) is 3.72. The Balaban J connectivity index is 3.19. The van der Waals surface area contributed by atoms with Crippen molar-refractivity contribution in [2.45, 2.75) is 6.92 Å².